The molecule has 0 saturated heterocycles. The lowest BCUT2D eigenvalue weighted by Gasteiger charge is -2.07. The molecule has 0 aliphatic rings. The highest BCUT2D eigenvalue weighted by molar-refractivity contribution is 5.96. The molecule has 1 heterocycles. The second-order valence-corrected chi connectivity index (χ2v) is 4.48. The zero-order valence-electron chi connectivity index (χ0n) is 11.0. The maximum atomic E-state index is 11.4. The first-order valence-corrected chi connectivity index (χ1v) is 6.31. The van der Waals surface area contributed by atoms with Gasteiger partial charge in [0.2, 0.25) is 0 Å². The molecule has 0 spiro atoms. The van der Waals surface area contributed by atoms with Crippen LogP contribution in [0.4, 0.5) is 0 Å². The van der Waals surface area contributed by atoms with Crippen LogP contribution in [0.5, 0.6) is 0 Å². The summed E-state index contributed by atoms with van der Waals surface area (Å²) < 4.78 is 4.70. The molecule has 0 atom stereocenters. The number of carbonyl (C=O) groups is 1. The Hall–Kier alpha value is -2.68. The van der Waals surface area contributed by atoms with Crippen LogP contribution in [0, 0.1) is 0 Å². The molecule has 20 heavy (non-hydrogen) atoms. The van der Waals surface area contributed by atoms with E-state index in [2.05, 4.69) is 11.1 Å². The number of aromatic nitrogens is 1. The standard InChI is InChI=1S/C17H13NO2/c1-20-17(19)13-8-6-12(7-9-13)16-11-18-10-14-4-2-3-5-15(14)16/h2-11H,1H3. The predicted octanol–water partition coefficient (Wildman–Crippen LogP) is 3.69. The van der Waals surface area contributed by atoms with Crippen molar-refractivity contribution in [1.82, 2.24) is 4.98 Å². The van der Waals surface area contributed by atoms with Gasteiger partial charge in [0.15, 0.2) is 0 Å². The molecule has 3 rings (SSSR count). The highest BCUT2D eigenvalue weighted by Gasteiger charge is 2.07. The van der Waals surface area contributed by atoms with Crippen molar-refractivity contribution in [1.29, 1.82) is 0 Å². The average Bonchev–Trinajstić information content (AvgIpc) is 2.54. The first-order chi connectivity index (χ1) is 9.79. The van der Waals surface area contributed by atoms with Crippen molar-refractivity contribution in [3.8, 4) is 11.1 Å². The number of benzene rings is 2. The zero-order chi connectivity index (χ0) is 13.9. The van der Waals surface area contributed by atoms with Gasteiger partial charge in [-0.25, -0.2) is 4.79 Å². The van der Waals surface area contributed by atoms with Gasteiger partial charge in [-0.05, 0) is 23.1 Å². The summed E-state index contributed by atoms with van der Waals surface area (Å²) in [7, 11) is 1.38. The number of pyridine rings is 1. The monoisotopic (exact) mass is 263 g/mol. The van der Waals surface area contributed by atoms with Crippen molar-refractivity contribution in [3.63, 3.8) is 0 Å². The van der Waals surface area contributed by atoms with E-state index in [1.807, 2.05) is 42.7 Å². The van der Waals surface area contributed by atoms with Crippen molar-refractivity contribution >= 4 is 16.7 Å². The van der Waals surface area contributed by atoms with E-state index >= 15 is 0 Å². The summed E-state index contributed by atoms with van der Waals surface area (Å²) in [6.07, 6.45) is 3.69. The molecular formula is C17H13NO2. The Morgan fingerprint density at radius 2 is 1.75 bits per heavy atom. The second-order valence-electron chi connectivity index (χ2n) is 4.48. The van der Waals surface area contributed by atoms with Crippen LogP contribution in [0.3, 0.4) is 0 Å². The van der Waals surface area contributed by atoms with Gasteiger partial charge in [-0.15, -0.1) is 0 Å². The Kier molecular flexibility index (Phi) is 3.17. The minimum Gasteiger partial charge on any atom is -0.465 e. The normalized spacial score (nSPS) is 10.4. The van der Waals surface area contributed by atoms with E-state index in [0.29, 0.717) is 5.56 Å². The molecule has 0 saturated carbocycles. The molecule has 3 aromatic rings. The fourth-order valence-corrected chi connectivity index (χ4v) is 2.25. The lowest BCUT2D eigenvalue weighted by Crippen LogP contribution is -2.00. The van der Waals surface area contributed by atoms with Crippen LogP contribution in [-0.2, 0) is 4.74 Å². The largest absolute Gasteiger partial charge is 0.465 e. The average molecular weight is 263 g/mol. The van der Waals surface area contributed by atoms with Crippen molar-refractivity contribution < 1.29 is 9.53 Å². The number of hydrogen-bond acceptors (Lipinski definition) is 3. The predicted molar refractivity (Wildman–Crippen MR) is 78.5 cm³/mol. The molecule has 98 valence electrons. The number of rotatable bonds is 2. The SMILES string of the molecule is COC(=O)c1ccc(-c2cncc3ccccc23)cc1. The van der Waals surface area contributed by atoms with Crippen molar-refractivity contribution in [3.05, 3.63) is 66.5 Å². The Morgan fingerprint density at radius 1 is 1.00 bits per heavy atom. The van der Waals surface area contributed by atoms with E-state index in [4.69, 9.17) is 4.74 Å². The lowest BCUT2D eigenvalue weighted by atomic mass is 10.00. The highest BCUT2D eigenvalue weighted by atomic mass is 16.5. The molecule has 0 unspecified atom stereocenters. The molecule has 0 fully saturated rings. The second kappa shape index (κ2) is 5.13. The number of hydrogen-bond donors (Lipinski definition) is 0. The molecule has 0 bridgehead atoms. The highest BCUT2D eigenvalue weighted by Crippen LogP contribution is 2.27. The fourth-order valence-electron chi connectivity index (χ4n) is 2.25. The minimum atomic E-state index is -0.326. The number of methoxy groups -OCH3 is 1. The Bertz CT molecular complexity index is 758. The molecule has 0 aliphatic carbocycles. The van der Waals surface area contributed by atoms with Crippen LogP contribution in [-0.4, -0.2) is 18.1 Å². The fraction of sp³-hybridized carbons (Fsp3) is 0.0588. The maximum absolute atomic E-state index is 11.4. The van der Waals surface area contributed by atoms with Gasteiger partial charge in [-0.2, -0.15) is 0 Å². The van der Waals surface area contributed by atoms with Crippen LogP contribution in [0.1, 0.15) is 10.4 Å². The summed E-state index contributed by atoms with van der Waals surface area (Å²) in [6, 6.07) is 15.5. The lowest BCUT2D eigenvalue weighted by molar-refractivity contribution is 0.0601. The van der Waals surface area contributed by atoms with Crippen LogP contribution in [0.25, 0.3) is 21.9 Å². The smallest absolute Gasteiger partial charge is 0.337 e. The Morgan fingerprint density at radius 3 is 2.50 bits per heavy atom. The van der Waals surface area contributed by atoms with E-state index in [-0.39, 0.29) is 5.97 Å². The molecular weight excluding hydrogens is 250 g/mol. The molecule has 2 aromatic carbocycles. The third-order valence-electron chi connectivity index (χ3n) is 3.29. The van der Waals surface area contributed by atoms with E-state index in [0.717, 1.165) is 21.9 Å². The van der Waals surface area contributed by atoms with Crippen molar-refractivity contribution in [2.75, 3.05) is 7.11 Å². The molecule has 1 aromatic heterocycles. The summed E-state index contributed by atoms with van der Waals surface area (Å²) >= 11 is 0. The number of esters is 1. The van der Waals surface area contributed by atoms with Crippen LogP contribution in [0.2, 0.25) is 0 Å². The maximum Gasteiger partial charge on any atom is 0.337 e. The van der Waals surface area contributed by atoms with Crippen LogP contribution in [0.15, 0.2) is 60.9 Å². The van der Waals surface area contributed by atoms with Gasteiger partial charge in [0.05, 0.1) is 12.7 Å². The summed E-state index contributed by atoms with van der Waals surface area (Å²) in [4.78, 5) is 15.7. The molecule has 3 heteroatoms. The van der Waals surface area contributed by atoms with E-state index in [9.17, 15) is 4.79 Å². The summed E-state index contributed by atoms with van der Waals surface area (Å²) in [6.45, 7) is 0. The van der Waals surface area contributed by atoms with Gasteiger partial charge in [-0.1, -0.05) is 36.4 Å². The molecule has 0 aliphatic heterocycles. The first kappa shape index (κ1) is 12.4. The Balaban J connectivity index is 2.09. The van der Waals surface area contributed by atoms with E-state index in [1.165, 1.54) is 7.11 Å². The van der Waals surface area contributed by atoms with Gasteiger partial charge in [0.25, 0.3) is 0 Å². The molecule has 3 nitrogen and oxygen atoms in total. The summed E-state index contributed by atoms with van der Waals surface area (Å²) in [5.74, 6) is -0.326. The van der Waals surface area contributed by atoms with Crippen molar-refractivity contribution in [2.45, 2.75) is 0 Å². The molecule has 0 radical (unpaired) electrons. The van der Waals surface area contributed by atoms with E-state index in [1.54, 1.807) is 12.1 Å². The third kappa shape index (κ3) is 2.14. The van der Waals surface area contributed by atoms with Gasteiger partial charge < -0.3 is 4.74 Å². The van der Waals surface area contributed by atoms with Crippen LogP contribution < -0.4 is 0 Å². The number of carbonyl (C=O) groups excluding carboxylic acids is 1. The topological polar surface area (TPSA) is 39.2 Å². The summed E-state index contributed by atoms with van der Waals surface area (Å²) in [5.41, 5.74) is 2.63. The first-order valence-electron chi connectivity index (χ1n) is 6.31. The number of ether oxygens (including phenoxy) is 1. The van der Waals surface area contributed by atoms with E-state index < -0.39 is 0 Å². The van der Waals surface area contributed by atoms with Crippen LogP contribution >= 0.6 is 0 Å². The van der Waals surface area contributed by atoms with Gasteiger partial charge in [0.1, 0.15) is 0 Å². The third-order valence-corrected chi connectivity index (χ3v) is 3.29. The van der Waals surface area contributed by atoms with Gasteiger partial charge in [0, 0.05) is 23.3 Å². The molecule has 0 amide bonds. The molecule has 0 N–H and O–H groups in total. The summed E-state index contributed by atoms with van der Waals surface area (Å²) in [5, 5.41) is 2.25. The minimum absolute atomic E-state index is 0.326. The zero-order valence-corrected chi connectivity index (χ0v) is 11.0. The van der Waals surface area contributed by atoms with Crippen molar-refractivity contribution in [2.24, 2.45) is 0 Å². The Labute approximate surface area is 116 Å². The number of nitrogens with zero attached hydrogens (tertiary/aromatic N) is 1. The van der Waals surface area contributed by atoms with Gasteiger partial charge in [-0.3, -0.25) is 4.98 Å². The quantitative estimate of drug-likeness (QED) is 0.662. The number of fused-ring (bicyclic) bond motifs is 1. The van der Waals surface area contributed by atoms with Gasteiger partial charge >= 0.3 is 5.97 Å².